The SMILES string of the molecule is NC(C(=O)O)C1C=CCC1. The van der Waals surface area contributed by atoms with Crippen molar-refractivity contribution in [3.05, 3.63) is 12.2 Å². The first kappa shape index (κ1) is 7.28. The quantitative estimate of drug-likeness (QED) is 0.546. The molecule has 3 N–H and O–H groups in total. The Bertz CT molecular complexity index is 165. The van der Waals surface area contributed by atoms with E-state index in [0.717, 1.165) is 12.8 Å². The van der Waals surface area contributed by atoms with Crippen LogP contribution in [-0.2, 0) is 4.79 Å². The topological polar surface area (TPSA) is 63.3 Å². The molecule has 3 heteroatoms. The number of hydrogen-bond donors (Lipinski definition) is 2. The van der Waals surface area contributed by atoms with Gasteiger partial charge in [0.1, 0.15) is 6.04 Å². The van der Waals surface area contributed by atoms with Crippen molar-refractivity contribution < 1.29 is 9.90 Å². The Labute approximate surface area is 59.5 Å². The van der Waals surface area contributed by atoms with Crippen molar-refractivity contribution in [1.29, 1.82) is 0 Å². The molecule has 0 aromatic carbocycles. The molecule has 1 rings (SSSR count). The fraction of sp³-hybridized carbons (Fsp3) is 0.571. The van der Waals surface area contributed by atoms with E-state index < -0.39 is 12.0 Å². The number of carbonyl (C=O) groups is 1. The molecule has 3 nitrogen and oxygen atoms in total. The van der Waals surface area contributed by atoms with Crippen molar-refractivity contribution in [3.8, 4) is 0 Å². The van der Waals surface area contributed by atoms with Gasteiger partial charge in [-0.1, -0.05) is 12.2 Å². The lowest BCUT2D eigenvalue weighted by atomic mass is 10.0. The van der Waals surface area contributed by atoms with E-state index in [1.54, 1.807) is 0 Å². The molecule has 0 saturated carbocycles. The highest BCUT2D eigenvalue weighted by Gasteiger charge is 2.23. The van der Waals surface area contributed by atoms with Crippen LogP contribution >= 0.6 is 0 Å². The van der Waals surface area contributed by atoms with Gasteiger partial charge < -0.3 is 10.8 Å². The van der Waals surface area contributed by atoms with Crippen LogP contribution in [-0.4, -0.2) is 17.1 Å². The summed E-state index contributed by atoms with van der Waals surface area (Å²) >= 11 is 0. The van der Waals surface area contributed by atoms with Gasteiger partial charge in [-0.15, -0.1) is 0 Å². The van der Waals surface area contributed by atoms with Crippen LogP contribution in [0.15, 0.2) is 12.2 Å². The average molecular weight is 141 g/mol. The molecule has 56 valence electrons. The van der Waals surface area contributed by atoms with Crippen molar-refractivity contribution in [3.63, 3.8) is 0 Å². The molecule has 1 aliphatic rings. The smallest absolute Gasteiger partial charge is 0.321 e. The summed E-state index contributed by atoms with van der Waals surface area (Å²) in [7, 11) is 0. The monoisotopic (exact) mass is 141 g/mol. The largest absolute Gasteiger partial charge is 0.480 e. The third-order valence-corrected chi connectivity index (χ3v) is 1.80. The predicted molar refractivity (Wildman–Crippen MR) is 37.5 cm³/mol. The van der Waals surface area contributed by atoms with Gasteiger partial charge in [0.2, 0.25) is 0 Å². The number of hydrogen-bond acceptors (Lipinski definition) is 2. The second kappa shape index (κ2) is 2.84. The maximum absolute atomic E-state index is 10.3. The average Bonchev–Trinajstić information content (AvgIpc) is 2.36. The van der Waals surface area contributed by atoms with Crippen LogP contribution in [0.2, 0.25) is 0 Å². The minimum absolute atomic E-state index is 0.0532. The molecule has 0 aliphatic heterocycles. The number of rotatable bonds is 2. The second-order valence-electron chi connectivity index (χ2n) is 2.53. The van der Waals surface area contributed by atoms with Crippen LogP contribution in [0.4, 0.5) is 0 Å². The van der Waals surface area contributed by atoms with Gasteiger partial charge in [0.05, 0.1) is 0 Å². The molecule has 0 radical (unpaired) electrons. The summed E-state index contributed by atoms with van der Waals surface area (Å²) < 4.78 is 0. The van der Waals surface area contributed by atoms with Gasteiger partial charge in [-0.3, -0.25) is 4.79 Å². The van der Waals surface area contributed by atoms with Crippen LogP contribution in [0.3, 0.4) is 0 Å². The zero-order valence-electron chi connectivity index (χ0n) is 5.66. The minimum Gasteiger partial charge on any atom is -0.480 e. The van der Waals surface area contributed by atoms with Crippen molar-refractivity contribution in [2.75, 3.05) is 0 Å². The van der Waals surface area contributed by atoms with Crippen LogP contribution in [0.1, 0.15) is 12.8 Å². The lowest BCUT2D eigenvalue weighted by Gasteiger charge is -2.11. The summed E-state index contributed by atoms with van der Waals surface area (Å²) in [6.45, 7) is 0. The van der Waals surface area contributed by atoms with Crippen LogP contribution < -0.4 is 5.73 Å². The fourth-order valence-electron chi connectivity index (χ4n) is 1.14. The predicted octanol–water partition coefficient (Wildman–Crippen LogP) is 0.364. The van der Waals surface area contributed by atoms with Gasteiger partial charge >= 0.3 is 5.97 Å². The molecule has 0 amide bonds. The maximum atomic E-state index is 10.3. The van der Waals surface area contributed by atoms with Gasteiger partial charge in [0.15, 0.2) is 0 Å². The van der Waals surface area contributed by atoms with Crippen LogP contribution in [0, 0.1) is 5.92 Å². The van der Waals surface area contributed by atoms with E-state index in [4.69, 9.17) is 10.8 Å². The summed E-state index contributed by atoms with van der Waals surface area (Å²) in [5, 5.41) is 8.48. The Balaban J connectivity index is 2.48. The van der Waals surface area contributed by atoms with Crippen molar-refractivity contribution >= 4 is 5.97 Å². The second-order valence-corrected chi connectivity index (χ2v) is 2.53. The Morgan fingerprint density at radius 1 is 1.80 bits per heavy atom. The molecule has 0 fully saturated rings. The van der Waals surface area contributed by atoms with E-state index in [2.05, 4.69) is 0 Å². The number of aliphatic carboxylic acids is 1. The van der Waals surface area contributed by atoms with Crippen LogP contribution in [0.25, 0.3) is 0 Å². The zero-order chi connectivity index (χ0) is 7.56. The van der Waals surface area contributed by atoms with Crippen molar-refractivity contribution in [2.24, 2.45) is 11.7 Å². The zero-order valence-corrected chi connectivity index (χ0v) is 5.66. The van der Waals surface area contributed by atoms with E-state index in [-0.39, 0.29) is 5.92 Å². The number of carboxylic acids is 1. The highest BCUT2D eigenvalue weighted by Crippen LogP contribution is 2.19. The van der Waals surface area contributed by atoms with Gasteiger partial charge in [-0.25, -0.2) is 0 Å². The molecule has 0 aromatic rings. The first-order valence-corrected chi connectivity index (χ1v) is 3.37. The number of allylic oxidation sites excluding steroid dienone is 1. The van der Waals surface area contributed by atoms with Gasteiger partial charge in [-0.05, 0) is 12.8 Å². The van der Waals surface area contributed by atoms with E-state index in [9.17, 15) is 4.79 Å². The van der Waals surface area contributed by atoms with Crippen molar-refractivity contribution in [1.82, 2.24) is 0 Å². The van der Waals surface area contributed by atoms with Gasteiger partial charge in [-0.2, -0.15) is 0 Å². The molecule has 0 bridgehead atoms. The maximum Gasteiger partial charge on any atom is 0.321 e. The summed E-state index contributed by atoms with van der Waals surface area (Å²) in [6, 6.07) is -0.709. The lowest BCUT2D eigenvalue weighted by Crippen LogP contribution is -2.36. The van der Waals surface area contributed by atoms with E-state index in [0.29, 0.717) is 0 Å². The Kier molecular flexibility index (Phi) is 2.06. The molecule has 0 heterocycles. The lowest BCUT2D eigenvalue weighted by molar-refractivity contribution is -0.139. The van der Waals surface area contributed by atoms with E-state index in [1.165, 1.54) is 0 Å². The van der Waals surface area contributed by atoms with Crippen LogP contribution in [0.5, 0.6) is 0 Å². The Morgan fingerprint density at radius 2 is 2.50 bits per heavy atom. The summed E-state index contributed by atoms with van der Waals surface area (Å²) in [5.41, 5.74) is 5.37. The number of nitrogens with two attached hydrogens (primary N) is 1. The van der Waals surface area contributed by atoms with E-state index in [1.807, 2.05) is 12.2 Å². The molecule has 2 atom stereocenters. The highest BCUT2D eigenvalue weighted by molar-refractivity contribution is 5.73. The highest BCUT2D eigenvalue weighted by atomic mass is 16.4. The van der Waals surface area contributed by atoms with E-state index >= 15 is 0 Å². The Hall–Kier alpha value is -0.830. The summed E-state index contributed by atoms with van der Waals surface area (Å²) in [6.07, 6.45) is 5.71. The normalized spacial score (nSPS) is 26.7. The third kappa shape index (κ3) is 1.36. The van der Waals surface area contributed by atoms with Crippen molar-refractivity contribution in [2.45, 2.75) is 18.9 Å². The minimum atomic E-state index is -0.906. The summed E-state index contributed by atoms with van der Waals surface area (Å²) in [4.78, 5) is 10.3. The molecule has 0 saturated heterocycles. The molecule has 0 spiro atoms. The molecule has 10 heavy (non-hydrogen) atoms. The first-order chi connectivity index (χ1) is 4.72. The third-order valence-electron chi connectivity index (χ3n) is 1.80. The molecule has 2 unspecified atom stereocenters. The molecule has 0 aromatic heterocycles. The molecular formula is C7H11NO2. The van der Waals surface area contributed by atoms with Gasteiger partial charge in [0.25, 0.3) is 0 Å². The molecule has 1 aliphatic carbocycles. The van der Waals surface area contributed by atoms with Gasteiger partial charge in [0, 0.05) is 5.92 Å². The first-order valence-electron chi connectivity index (χ1n) is 3.37. The molecular weight excluding hydrogens is 130 g/mol. The number of carboxylic acid groups (broad SMARTS) is 1. The fourth-order valence-corrected chi connectivity index (χ4v) is 1.14. The standard InChI is InChI=1S/C7H11NO2/c8-6(7(9)10)5-3-1-2-4-5/h1,3,5-6H,2,4,8H2,(H,9,10). The summed E-state index contributed by atoms with van der Waals surface area (Å²) in [5.74, 6) is -0.853. The Morgan fingerprint density at radius 3 is 2.90 bits per heavy atom.